The Bertz CT molecular complexity index is 325. The largest absolute Gasteiger partial charge is 0.382 e. The smallest absolute Gasteiger partial charge is 0.336 e. The highest BCUT2D eigenvalue weighted by molar-refractivity contribution is 6.30. The molecule has 0 spiro atoms. The van der Waals surface area contributed by atoms with E-state index in [9.17, 15) is 17.6 Å². The van der Waals surface area contributed by atoms with Crippen LogP contribution in [0.1, 0.15) is 11.7 Å². The lowest BCUT2D eigenvalue weighted by atomic mass is 10.0. The van der Waals surface area contributed by atoms with Crippen molar-refractivity contribution in [2.45, 2.75) is 18.5 Å². The molecule has 0 fully saturated rings. The van der Waals surface area contributed by atoms with Gasteiger partial charge < -0.3 is 5.11 Å². The maximum Gasteiger partial charge on any atom is 0.336 e. The molecule has 84 valence electrons. The average molecular weight is 243 g/mol. The van der Waals surface area contributed by atoms with E-state index in [0.717, 1.165) is 12.1 Å². The zero-order chi connectivity index (χ0) is 11.6. The van der Waals surface area contributed by atoms with Gasteiger partial charge in [0, 0.05) is 5.02 Å². The van der Waals surface area contributed by atoms with Crippen molar-refractivity contribution < 1.29 is 22.7 Å². The Morgan fingerprint density at radius 1 is 1.13 bits per heavy atom. The second-order valence-corrected chi connectivity index (χ2v) is 3.37. The summed E-state index contributed by atoms with van der Waals surface area (Å²) in [6.45, 7) is 0. The molecular formula is C9H7ClF4O. The van der Waals surface area contributed by atoms with Gasteiger partial charge in [-0.15, -0.1) is 0 Å². The van der Waals surface area contributed by atoms with Crippen molar-refractivity contribution in [3.05, 3.63) is 34.9 Å². The lowest BCUT2D eigenvalue weighted by molar-refractivity contribution is -0.193. The third kappa shape index (κ3) is 2.60. The molecule has 15 heavy (non-hydrogen) atoms. The zero-order valence-electron chi connectivity index (χ0n) is 7.30. The van der Waals surface area contributed by atoms with Crippen molar-refractivity contribution in [1.29, 1.82) is 0 Å². The SMILES string of the molecule is OC(c1ccc(Cl)cc1)C(F)(F)C(F)F. The molecule has 0 radical (unpaired) electrons. The van der Waals surface area contributed by atoms with Gasteiger partial charge >= 0.3 is 12.3 Å². The van der Waals surface area contributed by atoms with Crippen LogP contribution in [0, 0.1) is 0 Å². The maximum absolute atomic E-state index is 12.7. The van der Waals surface area contributed by atoms with Gasteiger partial charge in [0.15, 0.2) is 0 Å². The summed E-state index contributed by atoms with van der Waals surface area (Å²) in [6.07, 6.45) is -6.45. The number of benzene rings is 1. The van der Waals surface area contributed by atoms with Crippen LogP contribution in [0.25, 0.3) is 0 Å². The number of aliphatic hydroxyl groups is 1. The van der Waals surface area contributed by atoms with Crippen molar-refractivity contribution in [3.63, 3.8) is 0 Å². The van der Waals surface area contributed by atoms with E-state index in [1.54, 1.807) is 0 Å². The van der Waals surface area contributed by atoms with Crippen LogP contribution in [0.3, 0.4) is 0 Å². The van der Waals surface area contributed by atoms with Crippen LogP contribution in [-0.4, -0.2) is 17.5 Å². The number of hydrogen-bond donors (Lipinski definition) is 1. The Labute approximate surface area is 88.3 Å². The van der Waals surface area contributed by atoms with Gasteiger partial charge in [-0.1, -0.05) is 23.7 Å². The van der Waals surface area contributed by atoms with Crippen molar-refractivity contribution in [2.75, 3.05) is 0 Å². The molecule has 0 saturated heterocycles. The molecule has 1 unspecified atom stereocenters. The summed E-state index contributed by atoms with van der Waals surface area (Å²) < 4.78 is 49.2. The highest BCUT2D eigenvalue weighted by Crippen LogP contribution is 2.36. The lowest BCUT2D eigenvalue weighted by Gasteiger charge is -2.21. The van der Waals surface area contributed by atoms with E-state index in [1.165, 1.54) is 12.1 Å². The van der Waals surface area contributed by atoms with E-state index >= 15 is 0 Å². The van der Waals surface area contributed by atoms with Gasteiger partial charge in [-0.3, -0.25) is 0 Å². The minimum atomic E-state index is -4.46. The quantitative estimate of drug-likeness (QED) is 0.807. The van der Waals surface area contributed by atoms with Crippen molar-refractivity contribution in [1.82, 2.24) is 0 Å². The predicted molar refractivity (Wildman–Crippen MR) is 47.4 cm³/mol. The highest BCUT2D eigenvalue weighted by atomic mass is 35.5. The fourth-order valence-corrected chi connectivity index (χ4v) is 1.11. The van der Waals surface area contributed by atoms with E-state index < -0.39 is 18.5 Å². The number of hydrogen-bond acceptors (Lipinski definition) is 1. The summed E-state index contributed by atoms with van der Waals surface area (Å²) in [5, 5.41) is 9.31. The van der Waals surface area contributed by atoms with E-state index in [1.807, 2.05) is 0 Å². The van der Waals surface area contributed by atoms with Gasteiger partial charge in [-0.2, -0.15) is 8.78 Å². The molecule has 0 saturated carbocycles. The first kappa shape index (κ1) is 12.3. The number of rotatable bonds is 3. The minimum Gasteiger partial charge on any atom is -0.382 e. The normalized spacial score (nSPS) is 14.3. The van der Waals surface area contributed by atoms with Gasteiger partial charge in [0.1, 0.15) is 6.10 Å². The van der Waals surface area contributed by atoms with Crippen LogP contribution in [0.2, 0.25) is 5.02 Å². The van der Waals surface area contributed by atoms with Crippen molar-refractivity contribution in [2.24, 2.45) is 0 Å². The Morgan fingerprint density at radius 3 is 2.00 bits per heavy atom. The average Bonchev–Trinajstić information content (AvgIpc) is 2.17. The monoisotopic (exact) mass is 242 g/mol. The molecule has 1 rings (SSSR count). The Kier molecular flexibility index (Phi) is 3.57. The minimum absolute atomic E-state index is 0.270. The van der Waals surface area contributed by atoms with E-state index in [4.69, 9.17) is 16.7 Å². The topological polar surface area (TPSA) is 20.2 Å². The van der Waals surface area contributed by atoms with Crippen LogP contribution >= 0.6 is 11.6 Å². The van der Waals surface area contributed by atoms with Gasteiger partial charge in [-0.05, 0) is 17.7 Å². The number of halogens is 5. The standard InChI is InChI=1S/C9H7ClF4O/c10-6-3-1-5(2-4-6)7(15)9(13,14)8(11)12/h1-4,7-8,15H. The first-order valence-corrected chi connectivity index (χ1v) is 4.33. The molecule has 1 aromatic rings. The molecule has 0 amide bonds. The molecule has 1 N–H and O–H groups in total. The molecule has 0 bridgehead atoms. The molecule has 0 aliphatic heterocycles. The first-order valence-electron chi connectivity index (χ1n) is 3.95. The van der Waals surface area contributed by atoms with Gasteiger partial charge in [0.25, 0.3) is 0 Å². The maximum atomic E-state index is 12.7. The number of aliphatic hydroxyl groups excluding tert-OH is 1. The highest BCUT2D eigenvalue weighted by Gasteiger charge is 2.48. The molecule has 0 aromatic heterocycles. The summed E-state index contributed by atoms with van der Waals surface area (Å²) in [7, 11) is 0. The summed E-state index contributed by atoms with van der Waals surface area (Å²) in [4.78, 5) is 0. The molecule has 1 atom stereocenters. The Balaban J connectivity index is 2.94. The Hall–Kier alpha value is -0.810. The van der Waals surface area contributed by atoms with Crippen molar-refractivity contribution in [3.8, 4) is 0 Å². The van der Waals surface area contributed by atoms with Crippen LogP contribution < -0.4 is 0 Å². The Morgan fingerprint density at radius 2 is 1.60 bits per heavy atom. The number of alkyl halides is 4. The van der Waals surface area contributed by atoms with Crippen LogP contribution in [0.15, 0.2) is 24.3 Å². The summed E-state index contributed by atoms with van der Waals surface area (Å²) >= 11 is 5.48. The summed E-state index contributed by atoms with van der Waals surface area (Å²) in [6, 6.07) is 4.62. The van der Waals surface area contributed by atoms with Gasteiger partial charge in [0.05, 0.1) is 0 Å². The van der Waals surface area contributed by atoms with Crippen LogP contribution in [0.5, 0.6) is 0 Å². The summed E-state index contributed by atoms with van der Waals surface area (Å²) in [5.74, 6) is -4.46. The first-order chi connectivity index (χ1) is 6.85. The van der Waals surface area contributed by atoms with Gasteiger partial charge in [-0.25, -0.2) is 8.78 Å². The van der Waals surface area contributed by atoms with Crippen LogP contribution in [-0.2, 0) is 0 Å². The zero-order valence-corrected chi connectivity index (χ0v) is 8.06. The molecule has 0 aliphatic carbocycles. The van der Waals surface area contributed by atoms with E-state index in [0.29, 0.717) is 0 Å². The van der Waals surface area contributed by atoms with Crippen molar-refractivity contribution >= 4 is 11.6 Å². The second-order valence-electron chi connectivity index (χ2n) is 2.93. The van der Waals surface area contributed by atoms with Gasteiger partial charge in [0.2, 0.25) is 0 Å². The second kappa shape index (κ2) is 4.37. The molecule has 0 aliphatic rings. The summed E-state index contributed by atoms with van der Waals surface area (Å²) in [5.41, 5.74) is -0.301. The van der Waals surface area contributed by atoms with E-state index in [2.05, 4.69) is 0 Å². The molecule has 1 aromatic carbocycles. The predicted octanol–water partition coefficient (Wildman–Crippen LogP) is 3.27. The van der Waals surface area contributed by atoms with E-state index in [-0.39, 0.29) is 10.6 Å². The van der Waals surface area contributed by atoms with Crippen LogP contribution in [0.4, 0.5) is 17.6 Å². The molecule has 0 heterocycles. The molecule has 1 nitrogen and oxygen atoms in total. The fraction of sp³-hybridized carbons (Fsp3) is 0.333. The molecule has 6 heteroatoms. The fourth-order valence-electron chi connectivity index (χ4n) is 0.987. The molecular weight excluding hydrogens is 236 g/mol. The lowest BCUT2D eigenvalue weighted by Crippen LogP contribution is -2.34. The third-order valence-corrected chi connectivity index (χ3v) is 2.09. The third-order valence-electron chi connectivity index (χ3n) is 1.84.